The number of esters is 1. The van der Waals surface area contributed by atoms with E-state index < -0.39 is 5.97 Å². The highest BCUT2D eigenvalue weighted by Gasteiger charge is 2.25. The molecular weight excluding hydrogens is 404 g/mol. The predicted octanol–water partition coefficient (Wildman–Crippen LogP) is 4.14. The van der Waals surface area contributed by atoms with Crippen molar-refractivity contribution in [1.29, 1.82) is 0 Å². The van der Waals surface area contributed by atoms with Crippen LogP contribution in [0.1, 0.15) is 23.7 Å². The molecule has 0 aliphatic carbocycles. The first kappa shape index (κ1) is 19.6. The van der Waals surface area contributed by atoms with Gasteiger partial charge in [0.05, 0.1) is 11.4 Å². The van der Waals surface area contributed by atoms with Gasteiger partial charge in [0.2, 0.25) is 11.8 Å². The Labute approximate surface area is 177 Å². The van der Waals surface area contributed by atoms with Crippen molar-refractivity contribution in [2.75, 3.05) is 5.32 Å². The molecule has 1 N–H and O–H groups in total. The number of anilines is 1. The number of para-hydroxylation sites is 1. The van der Waals surface area contributed by atoms with Crippen LogP contribution in [-0.2, 0) is 14.3 Å². The van der Waals surface area contributed by atoms with Crippen LogP contribution in [0.15, 0.2) is 65.3 Å². The number of carbonyl (C=O) groups is 2. The summed E-state index contributed by atoms with van der Waals surface area (Å²) >= 11 is 6.52. The normalized spacial score (nSPS) is 14.6. The minimum Gasteiger partial charge on any atom is -0.402 e. The Bertz CT molecular complexity index is 1200. The van der Waals surface area contributed by atoms with Gasteiger partial charge in [0.25, 0.3) is 0 Å². The highest BCUT2D eigenvalue weighted by Crippen LogP contribution is 2.28. The van der Waals surface area contributed by atoms with Gasteiger partial charge in [-0.2, -0.15) is 5.10 Å². The number of nitrogens with one attached hydrogen (secondary N) is 1. The molecule has 4 rings (SSSR count). The zero-order valence-corrected chi connectivity index (χ0v) is 17.0. The minimum absolute atomic E-state index is 0.133. The SMILES string of the molecule is CC(=O)Nc1ccc(C2=N/C(=C/c3c(C)nn(-c4ccccc4)c3Cl)C(=O)O2)cc1. The second-order valence-corrected chi connectivity index (χ2v) is 6.99. The molecule has 0 saturated carbocycles. The van der Waals surface area contributed by atoms with E-state index in [1.165, 1.54) is 6.92 Å². The van der Waals surface area contributed by atoms with E-state index in [1.807, 2.05) is 37.3 Å². The molecule has 1 aliphatic rings. The third-order valence-corrected chi connectivity index (χ3v) is 4.77. The molecule has 0 atom stereocenters. The highest BCUT2D eigenvalue weighted by molar-refractivity contribution is 6.31. The van der Waals surface area contributed by atoms with Crippen molar-refractivity contribution < 1.29 is 14.3 Å². The van der Waals surface area contributed by atoms with Crippen molar-refractivity contribution in [1.82, 2.24) is 9.78 Å². The quantitative estimate of drug-likeness (QED) is 0.507. The summed E-state index contributed by atoms with van der Waals surface area (Å²) < 4.78 is 6.92. The Morgan fingerprint density at radius 1 is 1.13 bits per heavy atom. The number of aromatic nitrogens is 2. The van der Waals surface area contributed by atoms with Crippen molar-refractivity contribution in [3.63, 3.8) is 0 Å². The first-order valence-electron chi connectivity index (χ1n) is 9.13. The summed E-state index contributed by atoms with van der Waals surface area (Å²) in [5.74, 6) is -0.551. The summed E-state index contributed by atoms with van der Waals surface area (Å²) in [4.78, 5) is 27.8. The first-order chi connectivity index (χ1) is 14.4. The molecular formula is C22H17ClN4O3. The van der Waals surface area contributed by atoms with Gasteiger partial charge in [-0.05, 0) is 49.4 Å². The summed E-state index contributed by atoms with van der Waals surface area (Å²) in [5, 5.41) is 7.52. The van der Waals surface area contributed by atoms with Gasteiger partial charge in [-0.3, -0.25) is 4.79 Å². The maximum atomic E-state index is 12.3. The Kier molecular flexibility index (Phi) is 5.20. The van der Waals surface area contributed by atoms with Crippen molar-refractivity contribution in [2.24, 2.45) is 4.99 Å². The van der Waals surface area contributed by atoms with Crippen LogP contribution in [0.4, 0.5) is 5.69 Å². The molecule has 2 aromatic carbocycles. The van der Waals surface area contributed by atoms with E-state index in [4.69, 9.17) is 16.3 Å². The second-order valence-electron chi connectivity index (χ2n) is 6.63. The van der Waals surface area contributed by atoms with Gasteiger partial charge in [-0.1, -0.05) is 29.8 Å². The molecule has 0 spiro atoms. The van der Waals surface area contributed by atoms with E-state index in [0.29, 0.717) is 27.7 Å². The van der Waals surface area contributed by atoms with Crippen molar-refractivity contribution in [3.05, 3.63) is 82.3 Å². The zero-order chi connectivity index (χ0) is 21.3. The van der Waals surface area contributed by atoms with Gasteiger partial charge in [-0.25, -0.2) is 14.5 Å². The van der Waals surface area contributed by atoms with Gasteiger partial charge >= 0.3 is 5.97 Å². The summed E-state index contributed by atoms with van der Waals surface area (Å²) in [6.45, 7) is 3.24. The molecule has 8 heteroatoms. The Morgan fingerprint density at radius 2 is 1.83 bits per heavy atom. The largest absolute Gasteiger partial charge is 0.402 e. The number of hydrogen-bond donors (Lipinski definition) is 1. The lowest BCUT2D eigenvalue weighted by Gasteiger charge is -2.03. The molecule has 1 aliphatic heterocycles. The van der Waals surface area contributed by atoms with Crippen LogP contribution >= 0.6 is 11.6 Å². The number of cyclic esters (lactones) is 1. The monoisotopic (exact) mass is 420 g/mol. The fourth-order valence-corrected chi connectivity index (χ4v) is 3.31. The molecule has 0 bridgehead atoms. The summed E-state index contributed by atoms with van der Waals surface area (Å²) in [6, 6.07) is 16.3. The molecule has 30 heavy (non-hydrogen) atoms. The average molecular weight is 421 g/mol. The lowest BCUT2D eigenvalue weighted by Crippen LogP contribution is -2.07. The van der Waals surface area contributed by atoms with Crippen molar-refractivity contribution >= 4 is 41.1 Å². The van der Waals surface area contributed by atoms with Crippen LogP contribution in [0.5, 0.6) is 0 Å². The van der Waals surface area contributed by atoms with Gasteiger partial charge in [0.15, 0.2) is 5.70 Å². The van der Waals surface area contributed by atoms with Gasteiger partial charge < -0.3 is 10.1 Å². The minimum atomic E-state index is -0.570. The summed E-state index contributed by atoms with van der Waals surface area (Å²) in [6.07, 6.45) is 1.57. The molecule has 2 heterocycles. The highest BCUT2D eigenvalue weighted by atomic mass is 35.5. The molecule has 3 aromatic rings. The van der Waals surface area contributed by atoms with Gasteiger partial charge in [0, 0.05) is 23.7 Å². The van der Waals surface area contributed by atoms with E-state index >= 15 is 0 Å². The number of halogens is 1. The lowest BCUT2D eigenvalue weighted by atomic mass is 10.2. The number of hydrogen-bond acceptors (Lipinski definition) is 5. The number of benzene rings is 2. The van der Waals surface area contributed by atoms with E-state index in [-0.39, 0.29) is 17.5 Å². The average Bonchev–Trinajstić information content (AvgIpc) is 3.23. The fraction of sp³-hybridized carbons (Fsp3) is 0.0909. The summed E-state index contributed by atoms with van der Waals surface area (Å²) in [5.41, 5.74) is 3.46. The third kappa shape index (κ3) is 3.88. The predicted molar refractivity (Wildman–Crippen MR) is 115 cm³/mol. The van der Waals surface area contributed by atoms with Crippen molar-refractivity contribution in [2.45, 2.75) is 13.8 Å². The molecule has 0 radical (unpaired) electrons. The standard InChI is InChI=1S/C22H17ClN4O3/c1-13-18(20(23)27(26-13)17-6-4-3-5-7-17)12-19-22(29)30-21(25-19)15-8-10-16(11-9-15)24-14(2)28/h3-12H,1-2H3,(H,24,28)/b19-12+. The second kappa shape index (κ2) is 7.96. The van der Waals surface area contributed by atoms with Crippen LogP contribution in [0.3, 0.4) is 0 Å². The van der Waals surface area contributed by atoms with E-state index in [2.05, 4.69) is 15.4 Å². The van der Waals surface area contributed by atoms with Crippen LogP contribution < -0.4 is 5.32 Å². The third-order valence-electron chi connectivity index (χ3n) is 4.40. The molecule has 0 unspecified atom stereocenters. The zero-order valence-electron chi connectivity index (χ0n) is 16.2. The lowest BCUT2D eigenvalue weighted by molar-refractivity contribution is -0.129. The molecule has 1 amide bonds. The molecule has 7 nitrogen and oxygen atoms in total. The molecule has 1 aromatic heterocycles. The van der Waals surface area contributed by atoms with Crippen LogP contribution in [0.2, 0.25) is 5.15 Å². The smallest absolute Gasteiger partial charge is 0.363 e. The van der Waals surface area contributed by atoms with E-state index in [9.17, 15) is 9.59 Å². The van der Waals surface area contributed by atoms with Crippen LogP contribution in [0, 0.1) is 6.92 Å². The summed E-state index contributed by atoms with van der Waals surface area (Å²) in [7, 11) is 0. The van der Waals surface area contributed by atoms with E-state index in [0.717, 1.165) is 5.69 Å². The van der Waals surface area contributed by atoms with Crippen LogP contribution in [-0.4, -0.2) is 27.6 Å². The maximum absolute atomic E-state index is 12.3. The fourth-order valence-electron chi connectivity index (χ4n) is 2.98. The number of carbonyl (C=O) groups excluding carboxylic acids is 2. The number of rotatable bonds is 4. The maximum Gasteiger partial charge on any atom is 0.363 e. The number of aliphatic imine (C=N–C) groups is 1. The number of aryl methyl sites for hydroxylation is 1. The van der Waals surface area contributed by atoms with Crippen molar-refractivity contribution in [3.8, 4) is 5.69 Å². The Hall–Kier alpha value is -3.71. The number of amides is 1. The van der Waals surface area contributed by atoms with Gasteiger partial charge in [0.1, 0.15) is 5.15 Å². The first-order valence-corrected chi connectivity index (χ1v) is 9.51. The number of ether oxygens (including phenoxy) is 1. The topological polar surface area (TPSA) is 85.6 Å². The molecule has 150 valence electrons. The molecule has 0 fully saturated rings. The molecule has 0 saturated heterocycles. The van der Waals surface area contributed by atoms with Gasteiger partial charge in [-0.15, -0.1) is 0 Å². The Morgan fingerprint density at radius 3 is 2.50 bits per heavy atom. The Balaban J connectivity index is 1.65. The van der Waals surface area contributed by atoms with Crippen LogP contribution in [0.25, 0.3) is 11.8 Å². The number of nitrogens with zero attached hydrogens (tertiary/aromatic N) is 3. The van der Waals surface area contributed by atoms with E-state index in [1.54, 1.807) is 35.0 Å².